The summed E-state index contributed by atoms with van der Waals surface area (Å²) < 4.78 is 46.8. The number of allylic oxidation sites excluding steroid dienone is 1. The molecule has 0 saturated heterocycles. The fourth-order valence-electron chi connectivity index (χ4n) is 1.39. The van der Waals surface area contributed by atoms with Gasteiger partial charge >= 0.3 is 12.1 Å². The van der Waals surface area contributed by atoms with E-state index in [1.807, 2.05) is 0 Å². The quantitative estimate of drug-likeness (QED) is 0.735. The molecule has 1 atom stereocenters. The van der Waals surface area contributed by atoms with Crippen molar-refractivity contribution in [1.82, 2.24) is 0 Å². The summed E-state index contributed by atoms with van der Waals surface area (Å²) in [5.74, 6) is -1.48. The molecule has 1 heterocycles. The Labute approximate surface area is 89.6 Å². The minimum atomic E-state index is -4.98. The third-order valence-corrected chi connectivity index (χ3v) is 2.21. The van der Waals surface area contributed by atoms with Gasteiger partial charge in [-0.1, -0.05) is 0 Å². The van der Waals surface area contributed by atoms with E-state index in [1.165, 1.54) is 13.8 Å². The molecule has 1 rings (SSSR count). The van der Waals surface area contributed by atoms with Crippen LogP contribution in [-0.4, -0.2) is 36.1 Å². The summed E-state index contributed by atoms with van der Waals surface area (Å²) >= 11 is 0. The Hall–Kier alpha value is -1.24. The Balaban J connectivity index is 3.12. The van der Waals surface area contributed by atoms with E-state index >= 15 is 0 Å². The molecule has 0 aromatic heterocycles. The fraction of sp³-hybridized carbons (Fsp3) is 0.667. The number of aliphatic hydroxyl groups is 1. The predicted octanol–water partition coefficient (Wildman–Crippen LogP) is 1.15. The van der Waals surface area contributed by atoms with Gasteiger partial charge in [-0.25, -0.2) is 4.79 Å². The van der Waals surface area contributed by atoms with Crippen molar-refractivity contribution in [1.29, 1.82) is 0 Å². The third kappa shape index (κ3) is 1.87. The van der Waals surface area contributed by atoms with Crippen molar-refractivity contribution in [3.8, 4) is 0 Å². The van der Waals surface area contributed by atoms with E-state index in [-0.39, 0.29) is 12.4 Å². The van der Waals surface area contributed by atoms with Crippen LogP contribution in [0.4, 0.5) is 13.2 Å². The first-order chi connectivity index (χ1) is 7.24. The molecule has 0 spiro atoms. The maximum absolute atomic E-state index is 12.6. The van der Waals surface area contributed by atoms with Crippen molar-refractivity contribution in [3.05, 3.63) is 11.3 Å². The highest BCUT2D eigenvalue weighted by Crippen LogP contribution is 2.42. The number of ether oxygens (including phenoxy) is 2. The van der Waals surface area contributed by atoms with Crippen LogP contribution in [-0.2, 0) is 14.3 Å². The lowest BCUT2D eigenvalue weighted by Gasteiger charge is -2.25. The molecule has 1 unspecified atom stereocenters. The second-order valence-corrected chi connectivity index (χ2v) is 3.30. The largest absolute Gasteiger partial charge is 0.494 e. The Kier molecular flexibility index (Phi) is 3.18. The molecule has 1 N–H and O–H groups in total. The highest BCUT2D eigenvalue weighted by molar-refractivity contribution is 5.92. The lowest BCUT2D eigenvalue weighted by Crippen LogP contribution is -2.50. The SMILES string of the molecule is CCOC(=O)C1=C(C)OCC1(O)C(F)(F)F. The van der Waals surface area contributed by atoms with Gasteiger partial charge in [0, 0.05) is 0 Å². The van der Waals surface area contributed by atoms with Crippen molar-refractivity contribution in [2.75, 3.05) is 13.2 Å². The molecule has 0 aliphatic carbocycles. The number of alkyl halides is 3. The molecule has 0 aromatic rings. The van der Waals surface area contributed by atoms with Crippen molar-refractivity contribution >= 4 is 5.97 Å². The molecule has 0 aromatic carbocycles. The van der Waals surface area contributed by atoms with Gasteiger partial charge in [-0.15, -0.1) is 0 Å². The van der Waals surface area contributed by atoms with E-state index in [1.54, 1.807) is 0 Å². The predicted molar refractivity (Wildman–Crippen MR) is 46.3 cm³/mol. The van der Waals surface area contributed by atoms with Gasteiger partial charge in [-0.3, -0.25) is 0 Å². The number of esters is 1. The van der Waals surface area contributed by atoms with Crippen LogP contribution in [0.15, 0.2) is 11.3 Å². The first-order valence-electron chi connectivity index (χ1n) is 4.54. The van der Waals surface area contributed by atoms with Crippen LogP contribution in [0.1, 0.15) is 13.8 Å². The van der Waals surface area contributed by atoms with E-state index in [4.69, 9.17) is 0 Å². The minimum Gasteiger partial charge on any atom is -0.494 e. The molecule has 1 aliphatic heterocycles. The van der Waals surface area contributed by atoms with Gasteiger partial charge < -0.3 is 14.6 Å². The first-order valence-corrected chi connectivity index (χ1v) is 4.54. The average molecular weight is 240 g/mol. The highest BCUT2D eigenvalue weighted by atomic mass is 19.4. The molecule has 92 valence electrons. The van der Waals surface area contributed by atoms with Crippen molar-refractivity contribution in [2.24, 2.45) is 0 Å². The molecular weight excluding hydrogens is 229 g/mol. The van der Waals surface area contributed by atoms with Gasteiger partial charge in [0.15, 0.2) is 0 Å². The summed E-state index contributed by atoms with van der Waals surface area (Å²) in [6.07, 6.45) is -4.98. The second-order valence-electron chi connectivity index (χ2n) is 3.30. The summed E-state index contributed by atoms with van der Waals surface area (Å²) in [6.45, 7) is 1.53. The molecule has 1 aliphatic rings. The molecule has 0 bridgehead atoms. The Morgan fingerprint density at radius 1 is 1.62 bits per heavy atom. The lowest BCUT2D eigenvalue weighted by atomic mass is 9.95. The average Bonchev–Trinajstić information content (AvgIpc) is 2.43. The molecule has 0 amide bonds. The van der Waals surface area contributed by atoms with Crippen LogP contribution >= 0.6 is 0 Å². The van der Waals surface area contributed by atoms with Crippen LogP contribution in [0.5, 0.6) is 0 Å². The van der Waals surface area contributed by atoms with E-state index in [0.29, 0.717) is 0 Å². The second kappa shape index (κ2) is 3.97. The zero-order valence-electron chi connectivity index (χ0n) is 8.72. The van der Waals surface area contributed by atoms with Crippen molar-refractivity contribution in [2.45, 2.75) is 25.6 Å². The summed E-state index contributed by atoms with van der Waals surface area (Å²) in [7, 11) is 0. The maximum atomic E-state index is 12.6. The van der Waals surface area contributed by atoms with Crippen molar-refractivity contribution < 1.29 is 32.5 Å². The highest BCUT2D eigenvalue weighted by Gasteiger charge is 2.63. The topological polar surface area (TPSA) is 55.8 Å². The smallest absolute Gasteiger partial charge is 0.425 e. The Morgan fingerprint density at radius 3 is 2.62 bits per heavy atom. The molecule has 0 saturated carbocycles. The lowest BCUT2D eigenvalue weighted by molar-refractivity contribution is -0.249. The number of hydrogen-bond donors (Lipinski definition) is 1. The summed E-state index contributed by atoms with van der Waals surface area (Å²) in [5.41, 5.74) is -4.15. The van der Waals surface area contributed by atoms with Gasteiger partial charge in [-0.2, -0.15) is 13.2 Å². The first kappa shape index (κ1) is 12.8. The normalized spacial score (nSPS) is 25.6. The third-order valence-electron chi connectivity index (χ3n) is 2.21. The molecular formula is C9H11F3O4. The summed E-state index contributed by atoms with van der Waals surface area (Å²) in [4.78, 5) is 11.3. The standard InChI is InChI=1S/C9H11F3O4/c1-3-15-7(13)6-5(2)16-4-8(6,14)9(10,11)12/h14H,3-4H2,1-2H3. The molecule has 0 radical (unpaired) electrons. The van der Waals surface area contributed by atoms with E-state index in [9.17, 15) is 23.1 Å². The molecule has 0 fully saturated rings. The van der Waals surface area contributed by atoms with Crippen LogP contribution in [0.2, 0.25) is 0 Å². The summed E-state index contributed by atoms with van der Waals surface area (Å²) in [5, 5.41) is 9.45. The molecule has 4 nitrogen and oxygen atoms in total. The monoisotopic (exact) mass is 240 g/mol. The fourth-order valence-corrected chi connectivity index (χ4v) is 1.39. The number of carbonyl (C=O) groups is 1. The van der Waals surface area contributed by atoms with Crippen LogP contribution in [0.3, 0.4) is 0 Å². The van der Waals surface area contributed by atoms with Gasteiger partial charge in [0.05, 0.1) is 6.61 Å². The zero-order valence-corrected chi connectivity index (χ0v) is 8.72. The minimum absolute atomic E-state index is 0.0798. The van der Waals surface area contributed by atoms with Gasteiger partial charge in [0.2, 0.25) is 5.60 Å². The number of halogens is 3. The van der Waals surface area contributed by atoms with E-state index < -0.39 is 29.9 Å². The number of rotatable bonds is 2. The van der Waals surface area contributed by atoms with Gasteiger partial charge in [0.25, 0.3) is 0 Å². The van der Waals surface area contributed by atoms with Crippen LogP contribution in [0.25, 0.3) is 0 Å². The number of hydrogen-bond acceptors (Lipinski definition) is 4. The maximum Gasteiger partial charge on any atom is 0.425 e. The van der Waals surface area contributed by atoms with E-state index in [2.05, 4.69) is 9.47 Å². The molecule has 7 heteroatoms. The van der Waals surface area contributed by atoms with Gasteiger partial charge in [0.1, 0.15) is 17.9 Å². The number of carbonyl (C=O) groups excluding carboxylic acids is 1. The van der Waals surface area contributed by atoms with Crippen LogP contribution < -0.4 is 0 Å². The van der Waals surface area contributed by atoms with Crippen molar-refractivity contribution in [3.63, 3.8) is 0 Å². The molecule has 16 heavy (non-hydrogen) atoms. The Morgan fingerprint density at radius 2 is 2.19 bits per heavy atom. The van der Waals surface area contributed by atoms with Crippen LogP contribution in [0, 0.1) is 0 Å². The Bertz CT molecular complexity index is 334. The van der Waals surface area contributed by atoms with E-state index in [0.717, 1.165) is 0 Å². The summed E-state index contributed by atoms with van der Waals surface area (Å²) in [6, 6.07) is 0. The zero-order chi connectivity index (χ0) is 12.6. The van der Waals surface area contributed by atoms with Gasteiger partial charge in [-0.05, 0) is 13.8 Å².